The van der Waals surface area contributed by atoms with Crippen molar-refractivity contribution in [3.05, 3.63) is 95.3 Å². The van der Waals surface area contributed by atoms with Gasteiger partial charge in [-0.25, -0.2) is 12.8 Å². The molecule has 2 amide bonds. The molecule has 1 N–H and O–H groups in total. The second-order valence-corrected chi connectivity index (χ2v) is 12.8. The van der Waals surface area contributed by atoms with Gasteiger partial charge >= 0.3 is 0 Å². The van der Waals surface area contributed by atoms with Gasteiger partial charge in [0.1, 0.15) is 18.4 Å². The molecule has 0 saturated carbocycles. The van der Waals surface area contributed by atoms with Crippen molar-refractivity contribution in [3.63, 3.8) is 0 Å². The zero-order valence-electron chi connectivity index (χ0n) is 23.9. The minimum absolute atomic E-state index is 0.119. The van der Waals surface area contributed by atoms with Gasteiger partial charge in [0.15, 0.2) is 0 Å². The summed E-state index contributed by atoms with van der Waals surface area (Å²) < 4.78 is 42.2. The van der Waals surface area contributed by atoms with E-state index in [0.717, 1.165) is 33.1 Å². The Hall–Kier alpha value is -3.72. The molecule has 3 aromatic carbocycles. The van der Waals surface area contributed by atoms with E-state index in [-0.39, 0.29) is 23.0 Å². The molecule has 7 nitrogen and oxygen atoms in total. The Labute approximate surface area is 237 Å². The minimum atomic E-state index is -4.25. The van der Waals surface area contributed by atoms with Crippen LogP contribution in [0.2, 0.25) is 0 Å². The van der Waals surface area contributed by atoms with E-state index in [9.17, 15) is 22.4 Å². The zero-order valence-corrected chi connectivity index (χ0v) is 24.8. The Bertz CT molecular complexity index is 1420. The lowest BCUT2D eigenvalue weighted by atomic mass is 10.1. The largest absolute Gasteiger partial charge is 0.350 e. The number of halogens is 1. The number of carbonyl (C=O) groups is 2. The summed E-state index contributed by atoms with van der Waals surface area (Å²) in [4.78, 5) is 28.7. The van der Waals surface area contributed by atoms with Crippen molar-refractivity contribution >= 4 is 27.5 Å². The second kappa shape index (κ2) is 12.6. The van der Waals surface area contributed by atoms with Crippen molar-refractivity contribution in [1.82, 2.24) is 10.2 Å². The smallest absolute Gasteiger partial charge is 0.264 e. The van der Waals surface area contributed by atoms with E-state index in [1.165, 1.54) is 17.0 Å². The highest BCUT2D eigenvalue weighted by molar-refractivity contribution is 7.92. The van der Waals surface area contributed by atoms with Crippen LogP contribution in [0.3, 0.4) is 0 Å². The van der Waals surface area contributed by atoms with Gasteiger partial charge < -0.3 is 10.2 Å². The molecular formula is C31H38FN3O4S. The fourth-order valence-electron chi connectivity index (χ4n) is 4.24. The first-order valence-electron chi connectivity index (χ1n) is 13.2. The number of nitrogens with zero attached hydrogens (tertiary/aromatic N) is 2. The Morgan fingerprint density at radius 3 is 1.90 bits per heavy atom. The maximum atomic E-state index is 14.0. The van der Waals surface area contributed by atoms with Crippen LogP contribution in [-0.4, -0.2) is 43.3 Å². The van der Waals surface area contributed by atoms with Gasteiger partial charge in [0.05, 0.1) is 10.6 Å². The number of amides is 2. The van der Waals surface area contributed by atoms with Crippen LogP contribution in [0.1, 0.15) is 50.8 Å². The molecule has 0 aliphatic heterocycles. The summed E-state index contributed by atoms with van der Waals surface area (Å²) in [7, 11) is -4.25. The van der Waals surface area contributed by atoms with Crippen LogP contribution in [0.5, 0.6) is 0 Å². The van der Waals surface area contributed by atoms with Crippen LogP contribution in [-0.2, 0) is 26.2 Å². The van der Waals surface area contributed by atoms with E-state index < -0.39 is 39.9 Å². The molecule has 1 unspecified atom stereocenters. The number of rotatable bonds is 10. The molecule has 0 spiro atoms. The summed E-state index contributed by atoms with van der Waals surface area (Å²) in [5, 5.41) is 2.95. The van der Waals surface area contributed by atoms with E-state index >= 15 is 0 Å². The molecule has 0 fully saturated rings. The van der Waals surface area contributed by atoms with Gasteiger partial charge in [-0.2, -0.15) is 0 Å². The second-order valence-electron chi connectivity index (χ2n) is 11.0. The average Bonchev–Trinajstić information content (AvgIpc) is 2.88. The SMILES string of the molecule is CCC(C(=O)NC(C)(C)C)N(Cc1ccc(C)cc1)C(=O)CN(c1ccc(C)cc1)S(=O)(=O)c1ccc(F)cc1. The Kier molecular flexibility index (Phi) is 9.73. The monoisotopic (exact) mass is 567 g/mol. The Morgan fingerprint density at radius 1 is 0.875 bits per heavy atom. The molecule has 0 aromatic heterocycles. The van der Waals surface area contributed by atoms with Gasteiger partial charge in [-0.1, -0.05) is 54.4 Å². The lowest BCUT2D eigenvalue weighted by Gasteiger charge is -2.34. The predicted molar refractivity (Wildman–Crippen MR) is 156 cm³/mol. The lowest BCUT2D eigenvalue weighted by Crippen LogP contribution is -2.55. The molecule has 0 aliphatic rings. The summed E-state index contributed by atoms with van der Waals surface area (Å²) in [5.41, 5.74) is 2.54. The van der Waals surface area contributed by atoms with Crippen molar-refractivity contribution < 1.29 is 22.4 Å². The number of anilines is 1. The van der Waals surface area contributed by atoms with Gasteiger partial charge in [-0.05, 0) is 83.0 Å². The third kappa shape index (κ3) is 7.91. The number of sulfonamides is 1. The van der Waals surface area contributed by atoms with Crippen LogP contribution in [0.15, 0.2) is 77.7 Å². The summed E-state index contributed by atoms with van der Waals surface area (Å²) in [6.07, 6.45) is 0.328. The molecule has 3 rings (SSSR count). The number of carbonyl (C=O) groups excluding carboxylic acids is 2. The predicted octanol–water partition coefficient (Wildman–Crippen LogP) is 5.36. The summed E-state index contributed by atoms with van der Waals surface area (Å²) in [6, 6.07) is 18.0. The van der Waals surface area contributed by atoms with Gasteiger partial charge in [-0.3, -0.25) is 13.9 Å². The Balaban J connectivity index is 2.06. The maximum Gasteiger partial charge on any atom is 0.264 e. The Morgan fingerprint density at radius 2 is 1.40 bits per heavy atom. The zero-order chi connectivity index (χ0) is 29.7. The number of hydrogen-bond donors (Lipinski definition) is 1. The van der Waals surface area contributed by atoms with E-state index in [0.29, 0.717) is 6.42 Å². The first-order chi connectivity index (χ1) is 18.7. The highest BCUT2D eigenvalue weighted by atomic mass is 32.2. The van der Waals surface area contributed by atoms with E-state index in [2.05, 4.69) is 5.32 Å². The fraction of sp³-hybridized carbons (Fsp3) is 0.355. The molecule has 0 heterocycles. The van der Waals surface area contributed by atoms with Gasteiger partial charge in [0.2, 0.25) is 11.8 Å². The molecule has 9 heteroatoms. The molecule has 0 aliphatic carbocycles. The molecule has 0 radical (unpaired) electrons. The van der Waals surface area contributed by atoms with Gasteiger partial charge in [-0.15, -0.1) is 0 Å². The van der Waals surface area contributed by atoms with Crippen LogP contribution in [0, 0.1) is 19.7 Å². The standard InChI is InChI=1S/C31H38FN3O4S/c1-7-28(30(37)33-31(4,5)6)34(20-24-12-8-22(2)9-13-24)29(36)21-35(26-16-10-23(3)11-17-26)40(38,39)27-18-14-25(32)15-19-27/h8-19,28H,7,20-21H2,1-6H3,(H,33,37). The van der Waals surface area contributed by atoms with Crippen molar-refractivity contribution in [3.8, 4) is 0 Å². The molecule has 214 valence electrons. The molecule has 0 bridgehead atoms. The van der Waals surface area contributed by atoms with Crippen LogP contribution in [0.25, 0.3) is 0 Å². The topological polar surface area (TPSA) is 86.8 Å². The normalized spacial score (nSPS) is 12.5. The molecule has 1 atom stereocenters. The minimum Gasteiger partial charge on any atom is -0.350 e. The van der Waals surface area contributed by atoms with Crippen LogP contribution in [0.4, 0.5) is 10.1 Å². The van der Waals surface area contributed by atoms with Crippen molar-refractivity contribution in [1.29, 1.82) is 0 Å². The molecule has 0 saturated heterocycles. The van der Waals surface area contributed by atoms with Crippen LogP contribution < -0.4 is 9.62 Å². The number of aryl methyl sites for hydroxylation is 2. The third-order valence-corrected chi connectivity index (χ3v) is 8.15. The third-order valence-electron chi connectivity index (χ3n) is 6.36. The van der Waals surface area contributed by atoms with E-state index in [1.54, 1.807) is 24.3 Å². The highest BCUT2D eigenvalue weighted by Crippen LogP contribution is 2.25. The fourth-order valence-corrected chi connectivity index (χ4v) is 5.65. The maximum absolute atomic E-state index is 14.0. The summed E-state index contributed by atoms with van der Waals surface area (Å²) >= 11 is 0. The molecular weight excluding hydrogens is 529 g/mol. The molecule has 3 aromatic rings. The average molecular weight is 568 g/mol. The summed E-state index contributed by atoms with van der Waals surface area (Å²) in [6.45, 7) is 10.8. The molecule has 40 heavy (non-hydrogen) atoms. The summed E-state index contributed by atoms with van der Waals surface area (Å²) in [5.74, 6) is -1.43. The van der Waals surface area contributed by atoms with Crippen molar-refractivity contribution in [2.75, 3.05) is 10.8 Å². The quantitative estimate of drug-likeness (QED) is 0.357. The lowest BCUT2D eigenvalue weighted by molar-refractivity contribution is -0.141. The number of nitrogens with one attached hydrogen (secondary N) is 1. The number of hydrogen-bond acceptors (Lipinski definition) is 4. The first kappa shape index (κ1) is 30.8. The van der Waals surface area contributed by atoms with Crippen LogP contribution >= 0.6 is 0 Å². The van der Waals surface area contributed by atoms with Gasteiger partial charge in [0.25, 0.3) is 10.0 Å². The van der Waals surface area contributed by atoms with E-state index in [4.69, 9.17) is 0 Å². The number of benzene rings is 3. The van der Waals surface area contributed by atoms with Crippen molar-refractivity contribution in [2.45, 2.75) is 71.0 Å². The highest BCUT2D eigenvalue weighted by Gasteiger charge is 2.34. The first-order valence-corrected chi connectivity index (χ1v) is 14.7. The van der Waals surface area contributed by atoms with Crippen molar-refractivity contribution in [2.24, 2.45) is 0 Å². The van der Waals surface area contributed by atoms with E-state index in [1.807, 2.05) is 65.8 Å². The van der Waals surface area contributed by atoms with Gasteiger partial charge in [0, 0.05) is 12.1 Å².